The summed E-state index contributed by atoms with van der Waals surface area (Å²) in [7, 11) is 0. The molecule has 1 fully saturated rings. The number of hydrogen-bond acceptors (Lipinski definition) is 6. The van der Waals surface area contributed by atoms with Crippen LogP contribution in [0.2, 0.25) is 0 Å². The normalized spacial score (nSPS) is 27.9. The summed E-state index contributed by atoms with van der Waals surface area (Å²) in [4.78, 5) is 0. The Kier molecular flexibility index (Phi) is 5.85. The molecular formula is C20H20FNO5. The minimum Gasteiger partial charge on any atom is -0.394 e. The molecule has 1 saturated heterocycles. The van der Waals surface area contributed by atoms with Crippen LogP contribution in [0.25, 0.3) is 0 Å². The summed E-state index contributed by atoms with van der Waals surface area (Å²) in [5.41, 5.74) is 2.38. The zero-order valence-electron chi connectivity index (χ0n) is 14.4. The Morgan fingerprint density at radius 2 is 1.70 bits per heavy atom. The SMILES string of the molecule is N#Cc1ccc([C@@H]2OC(CO)[C@@H](O)[C@H](O)[C@H]2O)cc1Cc1ccc(F)cc1. The van der Waals surface area contributed by atoms with Crippen molar-refractivity contribution in [2.24, 2.45) is 0 Å². The molecule has 0 aromatic heterocycles. The monoisotopic (exact) mass is 373 g/mol. The standard InChI is InChI=1S/C20H20FNO5/c21-15-5-1-11(2-6-15)7-14-8-12(3-4-13(14)9-22)20-19(26)18(25)17(24)16(10-23)27-20/h1-6,8,16-20,23-26H,7,10H2/t16?,17-,18+,19-,20+/m1/s1. The van der Waals surface area contributed by atoms with Gasteiger partial charge in [0.2, 0.25) is 0 Å². The summed E-state index contributed by atoms with van der Waals surface area (Å²) in [6.07, 6.45) is -5.91. The van der Waals surface area contributed by atoms with Crippen molar-refractivity contribution in [3.05, 3.63) is 70.5 Å². The lowest BCUT2D eigenvalue weighted by molar-refractivity contribution is -0.231. The highest BCUT2D eigenvalue weighted by molar-refractivity contribution is 5.44. The summed E-state index contributed by atoms with van der Waals surface area (Å²) in [6, 6.07) is 12.9. The van der Waals surface area contributed by atoms with E-state index in [2.05, 4.69) is 6.07 Å². The smallest absolute Gasteiger partial charge is 0.123 e. The second kappa shape index (κ2) is 8.13. The van der Waals surface area contributed by atoms with E-state index < -0.39 is 37.1 Å². The number of benzene rings is 2. The lowest BCUT2D eigenvalue weighted by atomic mass is 9.89. The first kappa shape index (κ1) is 19.4. The number of hydrogen-bond donors (Lipinski definition) is 4. The molecular weight excluding hydrogens is 353 g/mol. The van der Waals surface area contributed by atoms with Crippen LogP contribution in [0, 0.1) is 17.1 Å². The molecule has 0 saturated carbocycles. The van der Waals surface area contributed by atoms with Crippen molar-refractivity contribution >= 4 is 0 Å². The van der Waals surface area contributed by atoms with Gasteiger partial charge in [-0.2, -0.15) is 5.26 Å². The van der Waals surface area contributed by atoms with Crippen LogP contribution in [0.3, 0.4) is 0 Å². The Morgan fingerprint density at radius 1 is 1.00 bits per heavy atom. The molecule has 2 aromatic carbocycles. The first-order chi connectivity index (χ1) is 12.9. The van der Waals surface area contributed by atoms with Crippen LogP contribution in [-0.2, 0) is 11.2 Å². The van der Waals surface area contributed by atoms with Gasteiger partial charge in [-0.25, -0.2) is 4.39 Å². The van der Waals surface area contributed by atoms with Gasteiger partial charge in [0.1, 0.15) is 36.3 Å². The Labute approximate surface area is 155 Å². The number of halogens is 1. The Hall–Kier alpha value is -2.34. The Balaban J connectivity index is 1.92. The van der Waals surface area contributed by atoms with Gasteiger partial charge in [-0.3, -0.25) is 0 Å². The molecule has 1 aliphatic rings. The van der Waals surface area contributed by atoms with E-state index in [4.69, 9.17) is 4.74 Å². The lowest BCUT2D eigenvalue weighted by Gasteiger charge is -2.40. The van der Waals surface area contributed by atoms with Crippen LogP contribution >= 0.6 is 0 Å². The quantitative estimate of drug-likeness (QED) is 0.631. The third kappa shape index (κ3) is 4.00. The molecule has 1 heterocycles. The van der Waals surface area contributed by atoms with Crippen molar-refractivity contribution in [2.45, 2.75) is 36.9 Å². The van der Waals surface area contributed by atoms with E-state index in [1.807, 2.05) is 0 Å². The fourth-order valence-electron chi connectivity index (χ4n) is 3.25. The molecule has 0 radical (unpaired) electrons. The maximum atomic E-state index is 13.1. The van der Waals surface area contributed by atoms with Crippen LogP contribution < -0.4 is 0 Å². The number of nitrogens with zero attached hydrogens (tertiary/aromatic N) is 1. The van der Waals surface area contributed by atoms with Crippen LogP contribution in [0.5, 0.6) is 0 Å². The van der Waals surface area contributed by atoms with Gasteiger partial charge < -0.3 is 25.2 Å². The number of ether oxygens (including phenoxy) is 1. The molecule has 0 bridgehead atoms. The van der Waals surface area contributed by atoms with E-state index in [1.165, 1.54) is 12.1 Å². The molecule has 142 valence electrons. The average molecular weight is 373 g/mol. The van der Waals surface area contributed by atoms with Crippen molar-refractivity contribution in [1.82, 2.24) is 0 Å². The van der Waals surface area contributed by atoms with Gasteiger partial charge in [-0.15, -0.1) is 0 Å². The van der Waals surface area contributed by atoms with Crippen molar-refractivity contribution in [3.63, 3.8) is 0 Å². The highest BCUT2D eigenvalue weighted by atomic mass is 19.1. The molecule has 1 aliphatic heterocycles. The number of nitriles is 1. The van der Waals surface area contributed by atoms with Crippen LogP contribution in [0.4, 0.5) is 4.39 Å². The fraction of sp³-hybridized carbons (Fsp3) is 0.350. The van der Waals surface area contributed by atoms with E-state index >= 15 is 0 Å². The minimum atomic E-state index is -1.47. The molecule has 3 rings (SSSR count). The zero-order valence-corrected chi connectivity index (χ0v) is 14.4. The van der Waals surface area contributed by atoms with E-state index in [0.717, 1.165) is 5.56 Å². The first-order valence-electron chi connectivity index (χ1n) is 8.52. The fourth-order valence-corrected chi connectivity index (χ4v) is 3.25. The highest BCUT2D eigenvalue weighted by Gasteiger charge is 2.44. The predicted molar refractivity (Wildman–Crippen MR) is 93.1 cm³/mol. The predicted octanol–water partition coefficient (Wildman–Crippen LogP) is 0.803. The van der Waals surface area contributed by atoms with E-state index in [-0.39, 0.29) is 5.82 Å². The van der Waals surface area contributed by atoms with E-state index in [1.54, 1.807) is 30.3 Å². The van der Waals surface area contributed by atoms with E-state index in [0.29, 0.717) is 23.1 Å². The second-order valence-electron chi connectivity index (χ2n) is 6.58. The third-order valence-electron chi connectivity index (χ3n) is 4.78. The van der Waals surface area contributed by atoms with Crippen molar-refractivity contribution in [3.8, 4) is 6.07 Å². The Morgan fingerprint density at radius 3 is 2.33 bits per heavy atom. The summed E-state index contributed by atoms with van der Waals surface area (Å²) in [5.74, 6) is -0.352. The molecule has 0 amide bonds. The maximum Gasteiger partial charge on any atom is 0.123 e. The van der Waals surface area contributed by atoms with Crippen LogP contribution in [0.15, 0.2) is 42.5 Å². The molecule has 27 heavy (non-hydrogen) atoms. The molecule has 6 nitrogen and oxygen atoms in total. The summed E-state index contributed by atoms with van der Waals surface area (Å²) in [6.45, 7) is -0.514. The van der Waals surface area contributed by atoms with Crippen molar-refractivity contribution in [1.29, 1.82) is 5.26 Å². The molecule has 7 heteroatoms. The Bertz CT molecular complexity index is 833. The molecule has 0 spiro atoms. The van der Waals surface area contributed by atoms with E-state index in [9.17, 15) is 30.1 Å². The van der Waals surface area contributed by atoms with Gasteiger partial charge >= 0.3 is 0 Å². The number of rotatable bonds is 4. The minimum absolute atomic E-state index is 0.352. The zero-order chi connectivity index (χ0) is 19.6. The summed E-state index contributed by atoms with van der Waals surface area (Å²) in [5, 5.41) is 48.9. The van der Waals surface area contributed by atoms with Gasteiger partial charge in [-0.05, 0) is 41.3 Å². The number of aliphatic hydroxyl groups excluding tert-OH is 4. The number of aliphatic hydroxyl groups is 4. The first-order valence-corrected chi connectivity index (χ1v) is 8.52. The van der Waals surface area contributed by atoms with Gasteiger partial charge in [0, 0.05) is 0 Å². The van der Waals surface area contributed by atoms with Crippen LogP contribution in [-0.4, -0.2) is 51.4 Å². The molecule has 1 unspecified atom stereocenters. The van der Waals surface area contributed by atoms with Gasteiger partial charge in [-0.1, -0.05) is 24.3 Å². The largest absolute Gasteiger partial charge is 0.394 e. The maximum absolute atomic E-state index is 13.1. The lowest BCUT2D eigenvalue weighted by Crippen LogP contribution is -2.55. The van der Waals surface area contributed by atoms with Gasteiger partial charge in [0.05, 0.1) is 18.2 Å². The second-order valence-corrected chi connectivity index (χ2v) is 6.58. The van der Waals surface area contributed by atoms with Gasteiger partial charge in [0.25, 0.3) is 0 Å². The molecule has 5 atom stereocenters. The molecule has 2 aromatic rings. The highest BCUT2D eigenvalue weighted by Crippen LogP contribution is 2.33. The van der Waals surface area contributed by atoms with Gasteiger partial charge in [0.15, 0.2) is 0 Å². The third-order valence-corrected chi connectivity index (χ3v) is 4.78. The van der Waals surface area contributed by atoms with Crippen molar-refractivity contribution < 1.29 is 29.6 Å². The molecule has 4 N–H and O–H groups in total. The average Bonchev–Trinajstić information content (AvgIpc) is 2.68. The summed E-state index contributed by atoms with van der Waals surface area (Å²) < 4.78 is 18.7. The van der Waals surface area contributed by atoms with Crippen LogP contribution in [0.1, 0.15) is 28.4 Å². The topological polar surface area (TPSA) is 114 Å². The van der Waals surface area contributed by atoms with Crippen molar-refractivity contribution in [2.75, 3.05) is 6.61 Å². The summed E-state index contributed by atoms with van der Waals surface area (Å²) >= 11 is 0. The molecule has 0 aliphatic carbocycles.